The molecule has 21 heavy (non-hydrogen) atoms. The van der Waals surface area contributed by atoms with Crippen molar-refractivity contribution in [1.29, 1.82) is 0 Å². The molecule has 0 saturated carbocycles. The molecule has 2 aromatic carbocycles. The van der Waals surface area contributed by atoms with Crippen molar-refractivity contribution in [3.8, 4) is 0 Å². The van der Waals surface area contributed by atoms with Crippen molar-refractivity contribution in [3.05, 3.63) is 64.6 Å². The van der Waals surface area contributed by atoms with Crippen LogP contribution in [0.5, 0.6) is 0 Å². The Bertz CT molecular complexity index is 792. The van der Waals surface area contributed by atoms with Crippen LogP contribution in [-0.2, 0) is 6.42 Å². The summed E-state index contributed by atoms with van der Waals surface area (Å²) in [6.45, 7) is 2.14. The molecule has 1 heterocycles. The van der Waals surface area contributed by atoms with Gasteiger partial charge in [-0.25, -0.2) is 4.98 Å². The zero-order valence-corrected chi connectivity index (χ0v) is 13.2. The van der Waals surface area contributed by atoms with Crippen LogP contribution in [0.25, 0.3) is 17.2 Å². The molecule has 0 fully saturated rings. The Hall–Kier alpha value is -2.07. The van der Waals surface area contributed by atoms with Crippen LogP contribution in [0.4, 0.5) is 5.69 Å². The lowest BCUT2D eigenvalue weighted by molar-refractivity contribution is 0.589. The van der Waals surface area contributed by atoms with Gasteiger partial charge in [0, 0.05) is 22.4 Å². The van der Waals surface area contributed by atoms with E-state index in [1.807, 2.05) is 42.6 Å². The van der Waals surface area contributed by atoms with Crippen LogP contribution in [0.15, 0.2) is 57.6 Å². The minimum atomic E-state index is 0.588. The number of benzene rings is 2. The number of anilines is 1. The molecule has 106 valence electrons. The first-order valence-electron chi connectivity index (χ1n) is 6.83. The second-order valence-corrected chi connectivity index (χ2v) is 5.57. The molecule has 0 radical (unpaired) electrons. The topological polar surface area (TPSA) is 38.1 Å². The second-order valence-electron chi connectivity index (χ2n) is 4.65. The highest BCUT2D eigenvalue weighted by Gasteiger charge is 2.03. The molecule has 0 aliphatic carbocycles. The van der Waals surface area contributed by atoms with E-state index in [1.54, 1.807) is 0 Å². The molecule has 4 heteroatoms. The Balaban J connectivity index is 1.78. The van der Waals surface area contributed by atoms with Gasteiger partial charge in [-0.1, -0.05) is 41.1 Å². The normalized spacial score (nSPS) is 11.3. The van der Waals surface area contributed by atoms with E-state index in [2.05, 4.69) is 45.3 Å². The molecule has 3 aromatic rings. The van der Waals surface area contributed by atoms with E-state index < -0.39 is 0 Å². The first-order valence-corrected chi connectivity index (χ1v) is 7.62. The van der Waals surface area contributed by atoms with Crippen molar-refractivity contribution < 1.29 is 4.42 Å². The van der Waals surface area contributed by atoms with Crippen LogP contribution < -0.4 is 5.32 Å². The molecule has 0 bridgehead atoms. The summed E-state index contributed by atoms with van der Waals surface area (Å²) in [6, 6.07) is 14.0. The summed E-state index contributed by atoms with van der Waals surface area (Å²) in [5, 5.41) is 3.28. The third-order valence-corrected chi connectivity index (χ3v) is 3.72. The van der Waals surface area contributed by atoms with Crippen LogP contribution in [0.2, 0.25) is 0 Å². The predicted octanol–water partition coefficient (Wildman–Crippen LogP) is 5.24. The number of aromatic nitrogens is 1. The molecule has 0 saturated heterocycles. The molecule has 1 N–H and O–H groups in total. The number of oxazole rings is 1. The smallest absolute Gasteiger partial charge is 0.221 e. The molecule has 0 aliphatic heterocycles. The highest BCUT2D eigenvalue weighted by molar-refractivity contribution is 9.10. The third kappa shape index (κ3) is 3.16. The van der Waals surface area contributed by atoms with Gasteiger partial charge >= 0.3 is 0 Å². The van der Waals surface area contributed by atoms with Gasteiger partial charge in [-0.2, -0.15) is 0 Å². The summed E-state index contributed by atoms with van der Waals surface area (Å²) >= 11 is 3.43. The Morgan fingerprint density at radius 1 is 1.24 bits per heavy atom. The number of rotatable bonds is 4. The van der Waals surface area contributed by atoms with Gasteiger partial charge in [-0.3, -0.25) is 0 Å². The molecule has 0 atom stereocenters. The minimum absolute atomic E-state index is 0.588. The zero-order valence-electron chi connectivity index (χ0n) is 11.6. The van der Waals surface area contributed by atoms with Gasteiger partial charge in [-0.15, -0.1) is 0 Å². The maximum absolute atomic E-state index is 5.66. The van der Waals surface area contributed by atoms with Gasteiger partial charge in [0.05, 0.1) is 0 Å². The Morgan fingerprint density at radius 3 is 2.95 bits per heavy atom. The van der Waals surface area contributed by atoms with E-state index in [9.17, 15) is 0 Å². The number of aryl methyl sites for hydroxylation is 1. The lowest BCUT2D eigenvalue weighted by atomic mass is 10.1. The highest BCUT2D eigenvalue weighted by Crippen LogP contribution is 2.21. The van der Waals surface area contributed by atoms with Crippen LogP contribution in [-0.4, -0.2) is 4.98 Å². The van der Waals surface area contributed by atoms with Crippen molar-refractivity contribution in [2.24, 2.45) is 0 Å². The quantitative estimate of drug-likeness (QED) is 0.704. The van der Waals surface area contributed by atoms with E-state index >= 15 is 0 Å². The van der Waals surface area contributed by atoms with Crippen LogP contribution in [0, 0.1) is 0 Å². The fourth-order valence-electron chi connectivity index (χ4n) is 2.16. The fourth-order valence-corrected chi connectivity index (χ4v) is 2.51. The predicted molar refractivity (Wildman–Crippen MR) is 90.2 cm³/mol. The SMILES string of the molecule is CCc1ccccc1NC=Cc1nc2cc(Br)ccc2o1. The molecule has 3 nitrogen and oxygen atoms in total. The summed E-state index contributed by atoms with van der Waals surface area (Å²) in [5.74, 6) is 0.588. The average molecular weight is 343 g/mol. The summed E-state index contributed by atoms with van der Waals surface area (Å²) < 4.78 is 6.65. The molecule has 0 aliphatic rings. The first kappa shape index (κ1) is 13.9. The summed E-state index contributed by atoms with van der Waals surface area (Å²) in [4.78, 5) is 4.42. The van der Waals surface area contributed by atoms with E-state index in [0.717, 1.165) is 27.7 Å². The molecule has 0 amide bonds. The monoisotopic (exact) mass is 342 g/mol. The van der Waals surface area contributed by atoms with Gasteiger partial charge in [-0.05, 0) is 36.2 Å². The van der Waals surface area contributed by atoms with Gasteiger partial charge in [0.1, 0.15) is 5.52 Å². The summed E-state index contributed by atoms with van der Waals surface area (Å²) in [6.07, 6.45) is 4.68. The third-order valence-electron chi connectivity index (χ3n) is 3.23. The number of fused-ring (bicyclic) bond motifs is 1. The van der Waals surface area contributed by atoms with E-state index in [1.165, 1.54) is 5.56 Å². The molecule has 1 aromatic heterocycles. The van der Waals surface area contributed by atoms with Crippen molar-refractivity contribution in [2.45, 2.75) is 13.3 Å². The minimum Gasteiger partial charge on any atom is -0.437 e. The van der Waals surface area contributed by atoms with Gasteiger partial charge < -0.3 is 9.73 Å². The molecular formula is C17H15BrN2O. The Morgan fingerprint density at radius 2 is 2.10 bits per heavy atom. The molecule has 0 unspecified atom stereocenters. The largest absolute Gasteiger partial charge is 0.437 e. The second kappa shape index (κ2) is 6.14. The van der Waals surface area contributed by atoms with Crippen molar-refractivity contribution in [1.82, 2.24) is 4.98 Å². The van der Waals surface area contributed by atoms with Crippen LogP contribution >= 0.6 is 15.9 Å². The maximum Gasteiger partial charge on any atom is 0.221 e. The maximum atomic E-state index is 5.66. The highest BCUT2D eigenvalue weighted by atomic mass is 79.9. The van der Waals surface area contributed by atoms with Crippen molar-refractivity contribution in [3.63, 3.8) is 0 Å². The van der Waals surface area contributed by atoms with Gasteiger partial charge in [0.2, 0.25) is 5.89 Å². The lowest BCUT2D eigenvalue weighted by Crippen LogP contribution is -1.92. The number of para-hydroxylation sites is 1. The number of hydrogen-bond acceptors (Lipinski definition) is 3. The van der Waals surface area contributed by atoms with E-state index in [4.69, 9.17) is 4.42 Å². The Kier molecular flexibility index (Phi) is 4.06. The van der Waals surface area contributed by atoms with Crippen LogP contribution in [0.3, 0.4) is 0 Å². The number of halogens is 1. The zero-order chi connectivity index (χ0) is 14.7. The van der Waals surface area contributed by atoms with E-state index in [-0.39, 0.29) is 0 Å². The fraction of sp³-hybridized carbons (Fsp3) is 0.118. The average Bonchev–Trinajstić information content (AvgIpc) is 2.89. The summed E-state index contributed by atoms with van der Waals surface area (Å²) in [5.41, 5.74) is 4.02. The molecule has 3 rings (SSSR count). The van der Waals surface area contributed by atoms with Gasteiger partial charge in [0.15, 0.2) is 5.58 Å². The molecule has 0 spiro atoms. The number of nitrogens with zero attached hydrogens (tertiary/aromatic N) is 1. The summed E-state index contributed by atoms with van der Waals surface area (Å²) in [7, 11) is 0. The Labute approximate surface area is 131 Å². The standard InChI is InChI=1S/C17H15BrN2O/c1-2-12-5-3-4-6-14(12)19-10-9-17-20-15-11-13(18)7-8-16(15)21-17/h3-11,19H,2H2,1H3. The van der Waals surface area contributed by atoms with Crippen molar-refractivity contribution in [2.75, 3.05) is 5.32 Å². The van der Waals surface area contributed by atoms with Crippen LogP contribution in [0.1, 0.15) is 18.4 Å². The lowest BCUT2D eigenvalue weighted by Gasteiger charge is -2.05. The van der Waals surface area contributed by atoms with Gasteiger partial charge in [0.25, 0.3) is 0 Å². The number of hydrogen-bond donors (Lipinski definition) is 1. The molecular weight excluding hydrogens is 328 g/mol. The van der Waals surface area contributed by atoms with E-state index in [0.29, 0.717) is 5.89 Å². The van der Waals surface area contributed by atoms with Crippen molar-refractivity contribution >= 4 is 38.8 Å². The number of nitrogens with one attached hydrogen (secondary N) is 1. The first-order chi connectivity index (χ1) is 10.3.